The van der Waals surface area contributed by atoms with Crippen molar-refractivity contribution in [3.05, 3.63) is 71.6 Å². The van der Waals surface area contributed by atoms with Crippen molar-refractivity contribution in [3.8, 4) is 11.3 Å². The third-order valence-electron chi connectivity index (χ3n) is 3.88. The molecule has 1 amide bonds. The molecule has 0 N–H and O–H groups in total. The summed E-state index contributed by atoms with van der Waals surface area (Å²) in [5, 5.41) is 2.78. The number of hydrogen-bond acceptors (Lipinski definition) is 3. The van der Waals surface area contributed by atoms with Crippen LogP contribution < -0.4 is 4.90 Å². The molecule has 24 heavy (non-hydrogen) atoms. The van der Waals surface area contributed by atoms with E-state index in [2.05, 4.69) is 17.1 Å². The van der Waals surface area contributed by atoms with Crippen molar-refractivity contribution >= 4 is 22.4 Å². The predicted octanol–water partition coefficient (Wildman–Crippen LogP) is 4.80. The lowest BCUT2D eigenvalue weighted by Crippen LogP contribution is -2.30. The van der Waals surface area contributed by atoms with Gasteiger partial charge in [0, 0.05) is 23.9 Å². The van der Waals surface area contributed by atoms with E-state index in [1.54, 1.807) is 4.90 Å². The Morgan fingerprint density at radius 1 is 1.04 bits per heavy atom. The van der Waals surface area contributed by atoms with Crippen LogP contribution in [0.4, 0.5) is 5.13 Å². The monoisotopic (exact) mass is 336 g/mol. The Morgan fingerprint density at radius 2 is 1.71 bits per heavy atom. The molecule has 0 fully saturated rings. The van der Waals surface area contributed by atoms with Crippen LogP contribution in [0, 0.1) is 0 Å². The highest BCUT2D eigenvalue weighted by atomic mass is 32.1. The van der Waals surface area contributed by atoms with Gasteiger partial charge in [-0.05, 0) is 18.9 Å². The molecule has 3 rings (SSSR count). The number of nitrogens with zero attached hydrogens (tertiary/aromatic N) is 2. The molecule has 0 radical (unpaired) electrons. The lowest BCUT2D eigenvalue weighted by molar-refractivity contribution is -0.118. The van der Waals surface area contributed by atoms with Crippen LogP contribution in [-0.2, 0) is 11.2 Å². The summed E-state index contributed by atoms with van der Waals surface area (Å²) in [7, 11) is 0. The van der Waals surface area contributed by atoms with Gasteiger partial charge in [0.15, 0.2) is 5.13 Å². The number of carbonyl (C=O) groups excluding carboxylic acids is 1. The van der Waals surface area contributed by atoms with Crippen LogP contribution >= 0.6 is 11.3 Å². The molecule has 122 valence electrons. The van der Waals surface area contributed by atoms with E-state index in [4.69, 9.17) is 0 Å². The van der Waals surface area contributed by atoms with Gasteiger partial charge < -0.3 is 0 Å². The van der Waals surface area contributed by atoms with E-state index >= 15 is 0 Å². The van der Waals surface area contributed by atoms with Gasteiger partial charge in [0.1, 0.15) is 0 Å². The molecule has 0 aliphatic carbocycles. The topological polar surface area (TPSA) is 33.2 Å². The molecule has 3 aromatic rings. The molecular formula is C20H20N2OS. The molecule has 0 unspecified atom stereocenters. The SMILES string of the molecule is CCN(C(=O)CCc1ccccc1)c1nc(-c2ccccc2)cs1. The Kier molecular flexibility index (Phi) is 5.39. The van der Waals surface area contributed by atoms with Crippen LogP contribution in [0.3, 0.4) is 0 Å². The zero-order valence-corrected chi connectivity index (χ0v) is 14.5. The van der Waals surface area contributed by atoms with Crippen LogP contribution in [-0.4, -0.2) is 17.4 Å². The fourth-order valence-electron chi connectivity index (χ4n) is 2.58. The summed E-state index contributed by atoms with van der Waals surface area (Å²) in [6.07, 6.45) is 1.26. The van der Waals surface area contributed by atoms with Gasteiger partial charge in [0.05, 0.1) is 5.69 Å². The fraction of sp³-hybridized carbons (Fsp3) is 0.200. The number of rotatable bonds is 6. The first-order valence-electron chi connectivity index (χ1n) is 8.13. The molecule has 1 aromatic heterocycles. The summed E-state index contributed by atoms with van der Waals surface area (Å²) < 4.78 is 0. The van der Waals surface area contributed by atoms with E-state index in [1.165, 1.54) is 16.9 Å². The summed E-state index contributed by atoms with van der Waals surface area (Å²) in [6.45, 7) is 2.62. The Morgan fingerprint density at radius 3 is 2.38 bits per heavy atom. The van der Waals surface area contributed by atoms with Crippen molar-refractivity contribution in [2.45, 2.75) is 19.8 Å². The second kappa shape index (κ2) is 7.88. The standard InChI is InChI=1S/C20H20N2OS/c1-2-22(19(23)14-13-16-9-5-3-6-10-16)20-21-18(15-24-20)17-11-7-4-8-12-17/h3-12,15H,2,13-14H2,1H3. The molecule has 3 nitrogen and oxygen atoms in total. The van der Waals surface area contributed by atoms with Gasteiger partial charge in [0.2, 0.25) is 5.91 Å². The third-order valence-corrected chi connectivity index (χ3v) is 4.74. The first-order valence-corrected chi connectivity index (χ1v) is 9.01. The van der Waals surface area contributed by atoms with Gasteiger partial charge in [-0.25, -0.2) is 4.98 Å². The minimum Gasteiger partial charge on any atom is -0.288 e. The molecule has 2 aromatic carbocycles. The lowest BCUT2D eigenvalue weighted by atomic mass is 10.1. The fourth-order valence-corrected chi connectivity index (χ4v) is 3.49. The number of anilines is 1. The van der Waals surface area contributed by atoms with Crippen molar-refractivity contribution in [2.24, 2.45) is 0 Å². The Bertz CT molecular complexity index is 784. The molecule has 0 saturated heterocycles. The second-order valence-corrected chi connectivity index (χ2v) is 6.34. The smallest absolute Gasteiger partial charge is 0.229 e. The molecule has 0 aliphatic heterocycles. The van der Waals surface area contributed by atoms with E-state index in [1.807, 2.05) is 60.8 Å². The van der Waals surface area contributed by atoms with Crippen molar-refractivity contribution in [1.29, 1.82) is 0 Å². The van der Waals surface area contributed by atoms with E-state index in [0.29, 0.717) is 13.0 Å². The second-order valence-electron chi connectivity index (χ2n) is 5.50. The first kappa shape index (κ1) is 16.4. The number of thiazole rings is 1. The van der Waals surface area contributed by atoms with Crippen LogP contribution in [0.25, 0.3) is 11.3 Å². The van der Waals surface area contributed by atoms with Crippen LogP contribution in [0.1, 0.15) is 18.9 Å². The largest absolute Gasteiger partial charge is 0.288 e. The zero-order chi connectivity index (χ0) is 16.8. The minimum atomic E-state index is 0.121. The average Bonchev–Trinajstić information content (AvgIpc) is 3.12. The summed E-state index contributed by atoms with van der Waals surface area (Å²) in [6, 6.07) is 20.2. The van der Waals surface area contributed by atoms with E-state index in [9.17, 15) is 4.79 Å². The van der Waals surface area contributed by atoms with Gasteiger partial charge >= 0.3 is 0 Å². The normalized spacial score (nSPS) is 10.5. The Hall–Kier alpha value is -2.46. The maximum absolute atomic E-state index is 12.6. The summed E-state index contributed by atoms with van der Waals surface area (Å²) in [4.78, 5) is 19.0. The van der Waals surface area contributed by atoms with Crippen molar-refractivity contribution in [2.75, 3.05) is 11.4 Å². The van der Waals surface area contributed by atoms with E-state index in [-0.39, 0.29) is 5.91 Å². The lowest BCUT2D eigenvalue weighted by Gasteiger charge is -2.17. The maximum Gasteiger partial charge on any atom is 0.229 e. The van der Waals surface area contributed by atoms with Gasteiger partial charge in [-0.1, -0.05) is 60.7 Å². The first-order chi connectivity index (χ1) is 11.8. The summed E-state index contributed by atoms with van der Waals surface area (Å²) in [5.74, 6) is 0.121. The Labute approximate surface area is 146 Å². The molecular weight excluding hydrogens is 316 g/mol. The van der Waals surface area contributed by atoms with Crippen molar-refractivity contribution in [3.63, 3.8) is 0 Å². The molecule has 0 aliphatic rings. The van der Waals surface area contributed by atoms with Gasteiger partial charge in [0.25, 0.3) is 0 Å². The molecule has 4 heteroatoms. The van der Waals surface area contributed by atoms with Gasteiger partial charge in [-0.15, -0.1) is 11.3 Å². The van der Waals surface area contributed by atoms with Crippen LogP contribution in [0.15, 0.2) is 66.0 Å². The van der Waals surface area contributed by atoms with Crippen molar-refractivity contribution in [1.82, 2.24) is 4.98 Å². The highest BCUT2D eigenvalue weighted by Crippen LogP contribution is 2.27. The number of hydrogen-bond donors (Lipinski definition) is 0. The minimum absolute atomic E-state index is 0.121. The van der Waals surface area contributed by atoms with E-state index in [0.717, 1.165) is 22.8 Å². The quantitative estimate of drug-likeness (QED) is 0.648. The van der Waals surface area contributed by atoms with Crippen LogP contribution in [0.2, 0.25) is 0 Å². The highest BCUT2D eigenvalue weighted by molar-refractivity contribution is 7.14. The van der Waals surface area contributed by atoms with E-state index < -0.39 is 0 Å². The molecule has 0 bridgehead atoms. The Balaban J connectivity index is 1.69. The summed E-state index contributed by atoms with van der Waals surface area (Å²) >= 11 is 1.52. The number of benzene rings is 2. The molecule has 1 heterocycles. The zero-order valence-electron chi connectivity index (χ0n) is 13.7. The highest BCUT2D eigenvalue weighted by Gasteiger charge is 2.17. The average molecular weight is 336 g/mol. The number of carbonyl (C=O) groups is 1. The number of aromatic nitrogens is 1. The van der Waals surface area contributed by atoms with Crippen LogP contribution in [0.5, 0.6) is 0 Å². The molecule has 0 atom stereocenters. The number of aryl methyl sites for hydroxylation is 1. The molecule has 0 saturated carbocycles. The maximum atomic E-state index is 12.6. The van der Waals surface area contributed by atoms with Crippen molar-refractivity contribution < 1.29 is 4.79 Å². The van der Waals surface area contributed by atoms with Gasteiger partial charge in [-0.2, -0.15) is 0 Å². The third kappa shape index (κ3) is 3.89. The number of amides is 1. The molecule has 0 spiro atoms. The summed E-state index contributed by atoms with van der Waals surface area (Å²) in [5.41, 5.74) is 3.18. The predicted molar refractivity (Wildman–Crippen MR) is 100 cm³/mol. The van der Waals surface area contributed by atoms with Gasteiger partial charge in [-0.3, -0.25) is 9.69 Å².